The summed E-state index contributed by atoms with van der Waals surface area (Å²) in [6.07, 6.45) is 0. The highest BCUT2D eigenvalue weighted by molar-refractivity contribution is 5.85. The van der Waals surface area contributed by atoms with Gasteiger partial charge in [-0.1, -0.05) is 12.1 Å². The average molecular weight is 265 g/mol. The van der Waals surface area contributed by atoms with Crippen molar-refractivity contribution >= 4 is 10.9 Å². The lowest BCUT2D eigenvalue weighted by molar-refractivity contribution is 0.299. The SMILES string of the molecule is O=c1c2c([nH]c3ccccc13)-c1ccc(O)cc1OC2. The number of nitrogens with one attached hydrogen (secondary N) is 1. The maximum absolute atomic E-state index is 12.5. The molecule has 98 valence electrons. The van der Waals surface area contributed by atoms with Crippen LogP contribution in [0.25, 0.3) is 22.2 Å². The van der Waals surface area contributed by atoms with Crippen molar-refractivity contribution in [2.24, 2.45) is 0 Å². The van der Waals surface area contributed by atoms with E-state index in [1.807, 2.05) is 18.2 Å². The van der Waals surface area contributed by atoms with Crippen LogP contribution in [0.2, 0.25) is 0 Å². The van der Waals surface area contributed by atoms with E-state index in [0.717, 1.165) is 16.8 Å². The van der Waals surface area contributed by atoms with Crippen LogP contribution in [-0.2, 0) is 6.61 Å². The van der Waals surface area contributed by atoms with Crippen molar-refractivity contribution in [3.05, 3.63) is 58.3 Å². The third kappa shape index (κ3) is 1.45. The second kappa shape index (κ2) is 3.87. The van der Waals surface area contributed by atoms with Gasteiger partial charge < -0.3 is 14.8 Å². The summed E-state index contributed by atoms with van der Waals surface area (Å²) >= 11 is 0. The molecule has 0 saturated heterocycles. The summed E-state index contributed by atoms with van der Waals surface area (Å²) in [4.78, 5) is 15.8. The molecule has 1 aliphatic rings. The number of benzene rings is 2. The van der Waals surface area contributed by atoms with E-state index in [4.69, 9.17) is 4.74 Å². The number of aromatic hydroxyl groups is 1. The molecule has 1 aliphatic heterocycles. The molecule has 0 bridgehead atoms. The lowest BCUT2D eigenvalue weighted by Gasteiger charge is -2.20. The summed E-state index contributed by atoms with van der Waals surface area (Å²) in [5.41, 5.74) is 2.99. The number of para-hydroxylation sites is 1. The van der Waals surface area contributed by atoms with Gasteiger partial charge in [0.1, 0.15) is 18.1 Å². The average Bonchev–Trinajstić information content (AvgIpc) is 2.47. The Balaban J connectivity index is 2.11. The number of aromatic amines is 1. The number of rotatable bonds is 0. The van der Waals surface area contributed by atoms with Gasteiger partial charge in [0.15, 0.2) is 5.43 Å². The Morgan fingerprint density at radius 3 is 2.90 bits per heavy atom. The van der Waals surface area contributed by atoms with Crippen molar-refractivity contribution in [1.29, 1.82) is 0 Å². The molecule has 1 aromatic heterocycles. The van der Waals surface area contributed by atoms with Gasteiger partial charge in [0.2, 0.25) is 0 Å². The number of phenolic OH excluding ortho intramolecular Hbond substituents is 1. The molecule has 0 amide bonds. The first-order valence-electron chi connectivity index (χ1n) is 6.34. The van der Waals surface area contributed by atoms with Crippen molar-refractivity contribution in [2.45, 2.75) is 6.61 Å². The molecule has 0 saturated carbocycles. The minimum absolute atomic E-state index is 0.00641. The van der Waals surface area contributed by atoms with Crippen LogP contribution < -0.4 is 10.2 Å². The molecule has 4 nitrogen and oxygen atoms in total. The molecular formula is C16H11NO3. The predicted molar refractivity (Wildman–Crippen MR) is 76.0 cm³/mol. The third-order valence-electron chi connectivity index (χ3n) is 3.61. The van der Waals surface area contributed by atoms with Gasteiger partial charge in [0.25, 0.3) is 0 Å². The summed E-state index contributed by atoms with van der Waals surface area (Å²) in [5, 5.41) is 10.2. The topological polar surface area (TPSA) is 62.3 Å². The Hall–Kier alpha value is -2.75. The molecule has 0 radical (unpaired) electrons. The molecular weight excluding hydrogens is 254 g/mol. The fourth-order valence-corrected chi connectivity index (χ4v) is 2.63. The standard InChI is InChI=1S/C16H11NO3/c18-9-5-6-11-14(7-9)20-8-12-15(11)17-13-4-2-1-3-10(13)16(12)19/h1-7,18H,8H2,(H,17,19). The lowest BCUT2D eigenvalue weighted by atomic mass is 10.00. The Morgan fingerprint density at radius 1 is 1.15 bits per heavy atom. The van der Waals surface area contributed by atoms with Gasteiger partial charge in [-0.15, -0.1) is 0 Å². The molecule has 4 heteroatoms. The summed E-state index contributed by atoms with van der Waals surface area (Å²) in [5.74, 6) is 0.735. The van der Waals surface area contributed by atoms with Crippen LogP contribution in [0.4, 0.5) is 0 Å². The quantitative estimate of drug-likeness (QED) is 0.657. The van der Waals surface area contributed by atoms with Crippen LogP contribution in [0.15, 0.2) is 47.3 Å². The van der Waals surface area contributed by atoms with Gasteiger partial charge in [-0.25, -0.2) is 0 Å². The van der Waals surface area contributed by atoms with E-state index in [1.54, 1.807) is 24.3 Å². The molecule has 0 fully saturated rings. The number of ether oxygens (including phenoxy) is 1. The number of phenols is 1. The first-order valence-corrected chi connectivity index (χ1v) is 6.34. The van der Waals surface area contributed by atoms with Crippen LogP contribution in [-0.4, -0.2) is 10.1 Å². The van der Waals surface area contributed by atoms with Gasteiger partial charge in [-0.3, -0.25) is 4.79 Å². The number of aromatic nitrogens is 1. The minimum atomic E-state index is -0.00641. The largest absolute Gasteiger partial charge is 0.508 e. The van der Waals surface area contributed by atoms with E-state index in [1.165, 1.54) is 0 Å². The highest BCUT2D eigenvalue weighted by Crippen LogP contribution is 2.37. The molecule has 0 spiro atoms. The first kappa shape index (κ1) is 11.1. The number of hydrogen-bond acceptors (Lipinski definition) is 3. The Kier molecular flexibility index (Phi) is 2.15. The maximum Gasteiger partial charge on any atom is 0.196 e. The summed E-state index contributed by atoms with van der Waals surface area (Å²) in [7, 11) is 0. The molecule has 20 heavy (non-hydrogen) atoms. The van der Waals surface area contributed by atoms with Crippen LogP contribution in [0.3, 0.4) is 0 Å². The van der Waals surface area contributed by atoms with Crippen LogP contribution in [0, 0.1) is 0 Å². The van der Waals surface area contributed by atoms with Gasteiger partial charge in [0, 0.05) is 22.5 Å². The zero-order chi connectivity index (χ0) is 13.7. The van der Waals surface area contributed by atoms with E-state index in [0.29, 0.717) is 16.7 Å². The van der Waals surface area contributed by atoms with Crippen molar-refractivity contribution < 1.29 is 9.84 Å². The number of H-pyrrole nitrogens is 1. The number of pyridine rings is 1. The molecule has 0 atom stereocenters. The van der Waals surface area contributed by atoms with Crippen LogP contribution in [0.1, 0.15) is 5.56 Å². The van der Waals surface area contributed by atoms with Crippen molar-refractivity contribution in [1.82, 2.24) is 4.98 Å². The monoisotopic (exact) mass is 265 g/mol. The fraction of sp³-hybridized carbons (Fsp3) is 0.0625. The highest BCUT2D eigenvalue weighted by Gasteiger charge is 2.22. The molecule has 0 aliphatic carbocycles. The van der Waals surface area contributed by atoms with Crippen LogP contribution in [0.5, 0.6) is 11.5 Å². The van der Waals surface area contributed by atoms with Gasteiger partial charge in [-0.05, 0) is 24.3 Å². The zero-order valence-corrected chi connectivity index (χ0v) is 10.5. The lowest BCUT2D eigenvalue weighted by Crippen LogP contribution is -2.18. The van der Waals surface area contributed by atoms with Gasteiger partial charge in [-0.2, -0.15) is 0 Å². The van der Waals surface area contributed by atoms with Gasteiger partial charge in [0.05, 0.1) is 11.3 Å². The first-order chi connectivity index (χ1) is 9.74. The van der Waals surface area contributed by atoms with Crippen LogP contribution >= 0.6 is 0 Å². The fourth-order valence-electron chi connectivity index (χ4n) is 2.63. The molecule has 4 rings (SSSR count). The Morgan fingerprint density at radius 2 is 2.00 bits per heavy atom. The van der Waals surface area contributed by atoms with Crippen molar-refractivity contribution in [3.63, 3.8) is 0 Å². The normalized spacial score (nSPS) is 12.6. The summed E-state index contributed by atoms with van der Waals surface area (Å²) < 4.78 is 5.58. The Labute approximate surface area is 114 Å². The predicted octanol–water partition coefficient (Wildman–Crippen LogP) is 2.79. The highest BCUT2D eigenvalue weighted by atomic mass is 16.5. The van der Waals surface area contributed by atoms with E-state index < -0.39 is 0 Å². The van der Waals surface area contributed by atoms with E-state index >= 15 is 0 Å². The second-order valence-corrected chi connectivity index (χ2v) is 4.82. The summed E-state index contributed by atoms with van der Waals surface area (Å²) in [6.45, 7) is 0.214. The van der Waals surface area contributed by atoms with Crippen molar-refractivity contribution in [3.8, 4) is 22.8 Å². The molecule has 3 aromatic rings. The van der Waals surface area contributed by atoms with Gasteiger partial charge >= 0.3 is 0 Å². The van der Waals surface area contributed by atoms with E-state index in [9.17, 15) is 9.90 Å². The maximum atomic E-state index is 12.5. The Bertz CT molecular complexity index is 896. The molecule has 2 N–H and O–H groups in total. The summed E-state index contributed by atoms with van der Waals surface area (Å²) in [6, 6.07) is 12.3. The molecule has 2 heterocycles. The molecule has 0 unspecified atom stereocenters. The zero-order valence-electron chi connectivity index (χ0n) is 10.5. The van der Waals surface area contributed by atoms with E-state index in [-0.39, 0.29) is 17.8 Å². The third-order valence-corrected chi connectivity index (χ3v) is 3.61. The molecule has 2 aromatic carbocycles. The number of fused-ring (bicyclic) bond motifs is 4. The van der Waals surface area contributed by atoms with E-state index in [2.05, 4.69) is 4.98 Å². The van der Waals surface area contributed by atoms with Crippen molar-refractivity contribution in [2.75, 3.05) is 0 Å². The smallest absolute Gasteiger partial charge is 0.196 e. The number of hydrogen-bond donors (Lipinski definition) is 2. The minimum Gasteiger partial charge on any atom is -0.508 e. The second-order valence-electron chi connectivity index (χ2n) is 4.82.